The van der Waals surface area contributed by atoms with Crippen LogP contribution in [0.5, 0.6) is 0 Å². The third kappa shape index (κ3) is 7.44. The molecule has 0 N–H and O–H groups in total. The zero-order chi connectivity index (χ0) is 22.1. The molecule has 0 radical (unpaired) electrons. The van der Waals surface area contributed by atoms with Crippen LogP contribution >= 0.6 is 0 Å². The zero-order valence-corrected chi connectivity index (χ0v) is 19.2. The first-order valence-corrected chi connectivity index (χ1v) is 12.6. The highest BCUT2D eigenvalue weighted by Gasteiger charge is 2.24. The second-order valence-corrected chi connectivity index (χ2v) is 10.1. The second-order valence-electron chi connectivity index (χ2n) is 10.1. The van der Waals surface area contributed by atoms with Crippen LogP contribution in [0.3, 0.4) is 0 Å². The molecule has 0 aromatic heterocycles. The Morgan fingerprint density at radius 1 is 0.806 bits per heavy atom. The second kappa shape index (κ2) is 12.4. The number of rotatable bonds is 9. The lowest BCUT2D eigenvalue weighted by Crippen LogP contribution is -2.18. The van der Waals surface area contributed by atoms with Crippen LogP contribution in [-0.4, -0.2) is 0 Å². The van der Waals surface area contributed by atoms with Gasteiger partial charge in [-0.05, 0) is 74.0 Å². The first-order chi connectivity index (χ1) is 15.1. The minimum absolute atomic E-state index is 0.466. The maximum absolute atomic E-state index is 13.8. The monoisotopic (exact) mass is 427 g/mol. The molecule has 2 saturated carbocycles. The summed E-state index contributed by atoms with van der Waals surface area (Å²) in [6.07, 6.45) is 22.5. The van der Waals surface area contributed by atoms with Crippen LogP contribution in [0.4, 0.5) is 8.78 Å². The van der Waals surface area contributed by atoms with Crippen molar-refractivity contribution in [2.24, 2.45) is 23.7 Å². The van der Waals surface area contributed by atoms with Crippen molar-refractivity contribution in [3.8, 4) is 6.07 Å². The summed E-state index contributed by atoms with van der Waals surface area (Å²) in [4.78, 5) is 0. The van der Waals surface area contributed by atoms with Crippen LogP contribution in [0.1, 0.15) is 102 Å². The van der Waals surface area contributed by atoms with Crippen LogP contribution in [0.2, 0.25) is 0 Å². The summed E-state index contributed by atoms with van der Waals surface area (Å²) < 4.78 is 27.6. The van der Waals surface area contributed by atoms with E-state index in [-0.39, 0.29) is 0 Å². The van der Waals surface area contributed by atoms with Gasteiger partial charge in [-0.3, -0.25) is 0 Å². The topological polar surface area (TPSA) is 23.8 Å². The summed E-state index contributed by atoms with van der Waals surface area (Å²) in [6.45, 7) is 2.11. The van der Waals surface area contributed by atoms with E-state index in [9.17, 15) is 8.78 Å². The molecule has 3 rings (SSSR count). The van der Waals surface area contributed by atoms with Gasteiger partial charge < -0.3 is 0 Å². The van der Waals surface area contributed by atoms with Crippen molar-refractivity contribution < 1.29 is 8.78 Å². The van der Waals surface area contributed by atoms with Gasteiger partial charge in [0.05, 0.1) is 0 Å². The average Bonchev–Trinajstić information content (AvgIpc) is 2.78. The zero-order valence-electron chi connectivity index (χ0n) is 19.2. The van der Waals surface area contributed by atoms with E-state index in [1.807, 2.05) is 0 Å². The summed E-state index contributed by atoms with van der Waals surface area (Å²) in [5.74, 6) is 2.01. The molecule has 1 aromatic rings. The Bertz CT molecular complexity index is 724. The van der Waals surface area contributed by atoms with Gasteiger partial charge in [0.25, 0.3) is 0 Å². The molecule has 1 nitrogen and oxygen atoms in total. The molecule has 31 heavy (non-hydrogen) atoms. The SMILES string of the molecule is C/C=C/CCC1CCC(CCC2CCC(CCc3cc(F)c(C#N)c(F)c3)CC2)CC1. The van der Waals surface area contributed by atoms with E-state index in [0.29, 0.717) is 17.9 Å². The minimum Gasteiger partial charge on any atom is -0.205 e. The number of benzene rings is 1. The third-order valence-corrected chi connectivity index (χ3v) is 7.95. The Hall–Kier alpha value is -1.69. The van der Waals surface area contributed by atoms with Gasteiger partial charge in [-0.1, -0.05) is 76.4 Å². The van der Waals surface area contributed by atoms with Crippen molar-refractivity contribution in [1.82, 2.24) is 0 Å². The minimum atomic E-state index is -0.729. The summed E-state index contributed by atoms with van der Waals surface area (Å²) >= 11 is 0. The molecule has 2 aliphatic carbocycles. The van der Waals surface area contributed by atoms with Crippen molar-refractivity contribution in [2.45, 2.75) is 96.8 Å². The summed E-state index contributed by atoms with van der Waals surface area (Å²) in [6, 6.07) is 4.27. The van der Waals surface area contributed by atoms with E-state index in [2.05, 4.69) is 19.1 Å². The van der Waals surface area contributed by atoms with E-state index < -0.39 is 17.2 Å². The third-order valence-electron chi connectivity index (χ3n) is 7.95. The number of aryl methyl sites for hydroxylation is 1. The highest BCUT2D eigenvalue weighted by atomic mass is 19.1. The van der Waals surface area contributed by atoms with Crippen molar-refractivity contribution in [1.29, 1.82) is 5.26 Å². The lowest BCUT2D eigenvalue weighted by Gasteiger charge is -2.32. The van der Waals surface area contributed by atoms with E-state index >= 15 is 0 Å². The van der Waals surface area contributed by atoms with Crippen molar-refractivity contribution >= 4 is 0 Å². The fraction of sp³-hybridized carbons (Fsp3) is 0.679. The number of hydrogen-bond donors (Lipinski definition) is 0. The molecule has 0 atom stereocenters. The van der Waals surface area contributed by atoms with Gasteiger partial charge in [0.2, 0.25) is 0 Å². The number of halogens is 2. The first kappa shape index (κ1) is 24.0. The Balaban J connectivity index is 1.30. The molecule has 2 fully saturated rings. The molecule has 0 spiro atoms. The molecule has 1 aromatic carbocycles. The Kier molecular flexibility index (Phi) is 9.56. The van der Waals surface area contributed by atoms with E-state index in [4.69, 9.17) is 5.26 Å². The molecule has 0 bridgehead atoms. The Morgan fingerprint density at radius 2 is 1.26 bits per heavy atom. The number of nitrogens with zero attached hydrogens (tertiary/aromatic N) is 1. The molecular weight excluding hydrogens is 388 g/mol. The normalized spacial score (nSPS) is 26.8. The van der Waals surface area contributed by atoms with Gasteiger partial charge in [0.15, 0.2) is 0 Å². The molecule has 3 heteroatoms. The van der Waals surface area contributed by atoms with Crippen LogP contribution in [0, 0.1) is 46.6 Å². The molecule has 0 heterocycles. The maximum Gasteiger partial charge on any atom is 0.144 e. The van der Waals surface area contributed by atoms with Gasteiger partial charge in [-0.25, -0.2) is 8.78 Å². The van der Waals surface area contributed by atoms with Gasteiger partial charge in [0, 0.05) is 0 Å². The molecule has 0 aliphatic heterocycles. The van der Waals surface area contributed by atoms with Crippen LogP contribution in [-0.2, 0) is 6.42 Å². The summed E-state index contributed by atoms with van der Waals surface area (Å²) in [7, 11) is 0. The van der Waals surface area contributed by atoms with Crippen LogP contribution in [0.15, 0.2) is 24.3 Å². The average molecular weight is 428 g/mol. The lowest BCUT2D eigenvalue weighted by molar-refractivity contribution is 0.210. The highest BCUT2D eigenvalue weighted by molar-refractivity contribution is 5.35. The molecule has 0 amide bonds. The molecule has 2 aliphatic rings. The van der Waals surface area contributed by atoms with Crippen molar-refractivity contribution in [2.75, 3.05) is 0 Å². The lowest BCUT2D eigenvalue weighted by atomic mass is 9.74. The standard InChI is InChI=1S/C28H39F2N/c1-2-3-4-5-21-6-8-22(9-7-21)10-11-23-12-14-24(15-13-23)16-17-25-18-27(29)26(20-31)28(30)19-25/h2-3,18-19,21-24H,4-17H2,1H3/b3-2+. The number of hydrogen-bond acceptors (Lipinski definition) is 1. The summed E-state index contributed by atoms with van der Waals surface area (Å²) in [5.41, 5.74) is 0.212. The van der Waals surface area contributed by atoms with Gasteiger partial charge >= 0.3 is 0 Å². The Labute approximate surface area is 187 Å². The maximum atomic E-state index is 13.8. The van der Waals surface area contributed by atoms with Crippen LogP contribution in [0.25, 0.3) is 0 Å². The molecular formula is C28H39F2N. The first-order valence-electron chi connectivity index (χ1n) is 12.6. The van der Waals surface area contributed by atoms with Gasteiger partial charge in [-0.15, -0.1) is 0 Å². The van der Waals surface area contributed by atoms with Crippen molar-refractivity contribution in [3.05, 3.63) is 47.0 Å². The fourth-order valence-electron chi connectivity index (χ4n) is 5.84. The van der Waals surface area contributed by atoms with E-state index in [1.165, 1.54) is 89.2 Å². The predicted octanol–water partition coefficient (Wildman–Crippen LogP) is 8.52. The van der Waals surface area contributed by atoms with E-state index in [0.717, 1.165) is 24.2 Å². The number of nitriles is 1. The Morgan fingerprint density at radius 3 is 1.71 bits per heavy atom. The fourth-order valence-corrected chi connectivity index (χ4v) is 5.84. The highest BCUT2D eigenvalue weighted by Crippen LogP contribution is 2.38. The summed E-state index contributed by atoms with van der Waals surface area (Å²) in [5, 5.41) is 8.79. The van der Waals surface area contributed by atoms with Gasteiger partial charge in [-0.2, -0.15) is 5.26 Å². The molecule has 170 valence electrons. The smallest absolute Gasteiger partial charge is 0.144 e. The quantitative estimate of drug-likeness (QED) is 0.362. The van der Waals surface area contributed by atoms with Crippen LogP contribution < -0.4 is 0 Å². The van der Waals surface area contributed by atoms with Crippen molar-refractivity contribution in [3.63, 3.8) is 0 Å². The number of allylic oxidation sites excluding steroid dienone is 2. The predicted molar refractivity (Wildman–Crippen MR) is 124 cm³/mol. The molecule has 0 unspecified atom stereocenters. The van der Waals surface area contributed by atoms with E-state index in [1.54, 1.807) is 6.07 Å². The largest absolute Gasteiger partial charge is 0.205 e. The van der Waals surface area contributed by atoms with Gasteiger partial charge in [0.1, 0.15) is 23.3 Å². The molecule has 0 saturated heterocycles.